The van der Waals surface area contributed by atoms with E-state index in [1.165, 1.54) is 18.2 Å². The van der Waals surface area contributed by atoms with Crippen LogP contribution in [0.15, 0.2) is 53.1 Å². The molecule has 0 radical (unpaired) electrons. The van der Waals surface area contributed by atoms with E-state index in [4.69, 9.17) is 9.78 Å². The van der Waals surface area contributed by atoms with E-state index in [1.807, 2.05) is 6.07 Å². The molecule has 0 saturated heterocycles. The molecular formula is C18H13FN4O2. The number of carbonyl (C=O) groups is 1. The largest absolute Gasteiger partial charge is 0.341 e. The maximum Gasteiger partial charge on any atom is 0.251 e. The summed E-state index contributed by atoms with van der Waals surface area (Å²) in [6.45, 7) is 1.70. The van der Waals surface area contributed by atoms with Gasteiger partial charge < -0.3 is 9.84 Å². The van der Waals surface area contributed by atoms with Crippen LogP contribution in [0.25, 0.3) is 11.4 Å². The smallest absolute Gasteiger partial charge is 0.251 e. The summed E-state index contributed by atoms with van der Waals surface area (Å²) in [6, 6.07) is 13.5. The molecule has 0 spiro atoms. The van der Waals surface area contributed by atoms with Gasteiger partial charge in [-0.2, -0.15) is 10.2 Å². The van der Waals surface area contributed by atoms with Crippen molar-refractivity contribution >= 4 is 5.91 Å². The molecule has 0 bridgehead atoms. The van der Waals surface area contributed by atoms with Gasteiger partial charge in [-0.05, 0) is 49.4 Å². The average Bonchev–Trinajstić information content (AvgIpc) is 3.12. The van der Waals surface area contributed by atoms with Crippen LogP contribution >= 0.6 is 0 Å². The van der Waals surface area contributed by atoms with E-state index in [9.17, 15) is 9.18 Å². The van der Waals surface area contributed by atoms with Crippen LogP contribution in [-0.4, -0.2) is 16.0 Å². The van der Waals surface area contributed by atoms with E-state index >= 15 is 0 Å². The third-order valence-corrected chi connectivity index (χ3v) is 3.52. The van der Waals surface area contributed by atoms with Gasteiger partial charge in [-0.15, -0.1) is 0 Å². The normalized spacial score (nSPS) is 11.6. The van der Waals surface area contributed by atoms with Crippen molar-refractivity contribution in [3.05, 3.63) is 71.4 Å². The molecular weight excluding hydrogens is 323 g/mol. The highest BCUT2D eigenvalue weighted by Gasteiger charge is 2.18. The second-order valence-corrected chi connectivity index (χ2v) is 5.35. The number of hydrogen-bond acceptors (Lipinski definition) is 5. The predicted octanol–water partition coefficient (Wildman–Crippen LogP) is 3.24. The monoisotopic (exact) mass is 336 g/mol. The SMILES string of the molecule is C[C@H](NC(=O)c1cccc(C#N)c1)c1nc(-c2ccc(F)cc2)no1. The van der Waals surface area contributed by atoms with Crippen LogP contribution in [0.2, 0.25) is 0 Å². The summed E-state index contributed by atoms with van der Waals surface area (Å²) in [5, 5.41) is 15.5. The summed E-state index contributed by atoms with van der Waals surface area (Å²) < 4.78 is 18.1. The summed E-state index contributed by atoms with van der Waals surface area (Å²) in [5.41, 5.74) is 1.37. The zero-order valence-electron chi connectivity index (χ0n) is 13.2. The van der Waals surface area contributed by atoms with Gasteiger partial charge >= 0.3 is 0 Å². The molecule has 3 aromatic rings. The van der Waals surface area contributed by atoms with E-state index in [2.05, 4.69) is 15.5 Å². The molecule has 2 aromatic carbocycles. The Bertz CT molecular complexity index is 944. The number of hydrogen-bond donors (Lipinski definition) is 1. The van der Waals surface area contributed by atoms with E-state index in [0.29, 0.717) is 22.5 Å². The van der Waals surface area contributed by atoms with Crippen molar-refractivity contribution in [3.8, 4) is 17.5 Å². The van der Waals surface area contributed by atoms with Crippen molar-refractivity contribution in [2.75, 3.05) is 0 Å². The lowest BCUT2D eigenvalue weighted by atomic mass is 10.1. The van der Waals surface area contributed by atoms with Crippen molar-refractivity contribution in [2.24, 2.45) is 0 Å². The van der Waals surface area contributed by atoms with Crippen LogP contribution in [-0.2, 0) is 0 Å². The number of nitriles is 1. The lowest BCUT2D eigenvalue weighted by molar-refractivity contribution is 0.0932. The van der Waals surface area contributed by atoms with Crippen molar-refractivity contribution in [2.45, 2.75) is 13.0 Å². The molecule has 3 rings (SSSR count). The minimum absolute atomic E-state index is 0.226. The average molecular weight is 336 g/mol. The summed E-state index contributed by atoms with van der Waals surface area (Å²) in [4.78, 5) is 16.5. The van der Waals surface area contributed by atoms with Gasteiger partial charge in [-0.1, -0.05) is 11.2 Å². The van der Waals surface area contributed by atoms with Crippen LogP contribution in [0.3, 0.4) is 0 Å². The third-order valence-electron chi connectivity index (χ3n) is 3.52. The lowest BCUT2D eigenvalue weighted by Gasteiger charge is -2.09. The molecule has 0 saturated carbocycles. The van der Waals surface area contributed by atoms with Crippen molar-refractivity contribution in [1.82, 2.24) is 15.5 Å². The molecule has 7 heteroatoms. The Morgan fingerprint density at radius 3 is 2.76 bits per heavy atom. The highest BCUT2D eigenvalue weighted by Crippen LogP contribution is 2.19. The van der Waals surface area contributed by atoms with E-state index < -0.39 is 6.04 Å². The quantitative estimate of drug-likeness (QED) is 0.789. The fourth-order valence-electron chi connectivity index (χ4n) is 2.20. The van der Waals surface area contributed by atoms with Crippen LogP contribution < -0.4 is 5.32 Å². The van der Waals surface area contributed by atoms with Gasteiger partial charge in [-0.3, -0.25) is 4.79 Å². The van der Waals surface area contributed by atoms with Gasteiger partial charge in [0.05, 0.1) is 11.6 Å². The fraction of sp³-hybridized carbons (Fsp3) is 0.111. The topological polar surface area (TPSA) is 91.8 Å². The number of amides is 1. The molecule has 124 valence electrons. The van der Waals surface area contributed by atoms with Crippen LogP contribution in [0.4, 0.5) is 4.39 Å². The third kappa shape index (κ3) is 3.70. The van der Waals surface area contributed by atoms with Gasteiger partial charge in [0.2, 0.25) is 11.7 Å². The second-order valence-electron chi connectivity index (χ2n) is 5.35. The molecule has 25 heavy (non-hydrogen) atoms. The maximum absolute atomic E-state index is 13.0. The first kappa shape index (κ1) is 16.3. The first-order chi connectivity index (χ1) is 12.1. The number of halogens is 1. The minimum atomic E-state index is -0.528. The van der Waals surface area contributed by atoms with Gasteiger partial charge in [-0.25, -0.2) is 4.39 Å². The summed E-state index contributed by atoms with van der Waals surface area (Å²) in [6.07, 6.45) is 0. The first-order valence-corrected chi connectivity index (χ1v) is 7.47. The Balaban J connectivity index is 1.73. The Morgan fingerprint density at radius 2 is 2.04 bits per heavy atom. The molecule has 1 aromatic heterocycles. The molecule has 1 N–H and O–H groups in total. The Kier molecular flexibility index (Phi) is 4.53. The number of carbonyl (C=O) groups excluding carboxylic acids is 1. The van der Waals surface area contributed by atoms with Crippen molar-refractivity contribution in [1.29, 1.82) is 5.26 Å². The Morgan fingerprint density at radius 1 is 1.28 bits per heavy atom. The van der Waals surface area contributed by atoms with E-state index in [0.717, 1.165) is 0 Å². The standard InChI is InChI=1S/C18H13FN4O2/c1-11(21-17(24)14-4-2-3-12(9-14)10-20)18-22-16(23-25-18)13-5-7-15(19)8-6-13/h2-9,11H,1H3,(H,21,24)/t11-/m0/s1. The molecule has 0 aliphatic carbocycles. The molecule has 0 aliphatic heterocycles. The van der Waals surface area contributed by atoms with Gasteiger partial charge in [0.15, 0.2) is 0 Å². The number of aromatic nitrogens is 2. The number of rotatable bonds is 4. The van der Waals surface area contributed by atoms with E-state index in [-0.39, 0.29) is 17.6 Å². The molecule has 1 atom stereocenters. The fourth-order valence-corrected chi connectivity index (χ4v) is 2.20. The highest BCUT2D eigenvalue weighted by atomic mass is 19.1. The molecule has 1 amide bonds. The van der Waals surface area contributed by atoms with Crippen LogP contribution in [0.5, 0.6) is 0 Å². The summed E-state index contributed by atoms with van der Waals surface area (Å²) >= 11 is 0. The molecule has 6 nitrogen and oxygen atoms in total. The van der Waals surface area contributed by atoms with E-state index in [1.54, 1.807) is 37.3 Å². The van der Waals surface area contributed by atoms with Crippen LogP contribution in [0, 0.1) is 17.1 Å². The second kappa shape index (κ2) is 6.93. The molecule has 0 aliphatic rings. The van der Waals surface area contributed by atoms with Gasteiger partial charge in [0.1, 0.15) is 11.9 Å². The first-order valence-electron chi connectivity index (χ1n) is 7.47. The van der Waals surface area contributed by atoms with Crippen LogP contribution in [0.1, 0.15) is 34.8 Å². The molecule has 0 unspecified atom stereocenters. The maximum atomic E-state index is 13.0. The lowest BCUT2D eigenvalue weighted by Crippen LogP contribution is -2.26. The number of nitrogens with zero attached hydrogens (tertiary/aromatic N) is 3. The van der Waals surface area contributed by atoms with Gasteiger partial charge in [0, 0.05) is 11.1 Å². The zero-order valence-corrected chi connectivity index (χ0v) is 13.2. The predicted molar refractivity (Wildman–Crippen MR) is 86.7 cm³/mol. The Hall–Kier alpha value is -3.53. The summed E-state index contributed by atoms with van der Waals surface area (Å²) in [5.74, 6) is -0.175. The molecule has 0 fully saturated rings. The number of nitrogens with one attached hydrogen (secondary N) is 1. The van der Waals surface area contributed by atoms with Crippen molar-refractivity contribution in [3.63, 3.8) is 0 Å². The van der Waals surface area contributed by atoms with Gasteiger partial charge in [0.25, 0.3) is 5.91 Å². The minimum Gasteiger partial charge on any atom is -0.341 e. The highest BCUT2D eigenvalue weighted by molar-refractivity contribution is 5.94. The molecule has 1 heterocycles. The van der Waals surface area contributed by atoms with Crippen molar-refractivity contribution < 1.29 is 13.7 Å². The number of benzene rings is 2. The summed E-state index contributed by atoms with van der Waals surface area (Å²) in [7, 11) is 0. The Labute approximate surface area is 142 Å². The zero-order chi connectivity index (χ0) is 17.8.